The molecule has 4 heteroatoms. The molecule has 1 fully saturated rings. The third kappa shape index (κ3) is 2.04. The highest BCUT2D eigenvalue weighted by Gasteiger charge is 2.18. The van der Waals surface area contributed by atoms with E-state index in [1.165, 1.54) is 0 Å². The molecule has 76 valence electrons. The van der Waals surface area contributed by atoms with E-state index in [2.05, 4.69) is 15.3 Å². The van der Waals surface area contributed by atoms with Crippen LogP contribution in [-0.2, 0) is 0 Å². The smallest absolute Gasteiger partial charge is 0.136 e. The first-order chi connectivity index (χ1) is 6.77. The maximum Gasteiger partial charge on any atom is 0.136 e. The van der Waals surface area contributed by atoms with Gasteiger partial charge in [-0.1, -0.05) is 11.6 Å². The molecule has 1 saturated heterocycles. The van der Waals surface area contributed by atoms with Crippen LogP contribution in [0.2, 0.25) is 5.15 Å². The molecule has 0 amide bonds. The van der Waals surface area contributed by atoms with Crippen molar-refractivity contribution in [3.05, 3.63) is 22.7 Å². The van der Waals surface area contributed by atoms with Crippen LogP contribution in [0.3, 0.4) is 0 Å². The average Bonchev–Trinajstić information content (AvgIpc) is 2.19. The van der Waals surface area contributed by atoms with Crippen LogP contribution in [0.1, 0.15) is 30.1 Å². The Bertz CT molecular complexity index is 321. The number of aromatic nitrogens is 2. The molecule has 1 aliphatic heterocycles. The van der Waals surface area contributed by atoms with E-state index in [0.717, 1.165) is 37.3 Å². The van der Waals surface area contributed by atoms with Gasteiger partial charge in [-0.2, -0.15) is 0 Å². The minimum atomic E-state index is 0.532. The number of piperidine rings is 1. The maximum atomic E-state index is 6.09. The molecular weight excluding hydrogens is 198 g/mol. The summed E-state index contributed by atoms with van der Waals surface area (Å²) in [4.78, 5) is 8.38. The maximum absolute atomic E-state index is 6.09. The fraction of sp³-hybridized carbons (Fsp3) is 0.600. The first-order valence-corrected chi connectivity index (χ1v) is 5.35. The Labute approximate surface area is 88.9 Å². The first kappa shape index (κ1) is 9.87. The first-order valence-electron chi connectivity index (χ1n) is 4.97. The summed E-state index contributed by atoms with van der Waals surface area (Å²) in [5.41, 5.74) is 1.11. The topological polar surface area (TPSA) is 37.8 Å². The number of rotatable bonds is 1. The van der Waals surface area contributed by atoms with Crippen LogP contribution in [0.25, 0.3) is 0 Å². The highest BCUT2D eigenvalue weighted by atomic mass is 35.5. The van der Waals surface area contributed by atoms with Crippen LogP contribution < -0.4 is 5.32 Å². The third-order valence-electron chi connectivity index (χ3n) is 2.67. The van der Waals surface area contributed by atoms with Crippen LogP contribution in [0.5, 0.6) is 0 Å². The summed E-state index contributed by atoms with van der Waals surface area (Å²) in [6, 6.07) is 0. The number of hydrogen-bond donors (Lipinski definition) is 1. The predicted octanol–water partition coefficient (Wildman–Crippen LogP) is 1.91. The predicted molar refractivity (Wildman–Crippen MR) is 56.6 cm³/mol. The van der Waals surface area contributed by atoms with Gasteiger partial charge in [0.15, 0.2) is 0 Å². The van der Waals surface area contributed by atoms with E-state index in [-0.39, 0.29) is 0 Å². The zero-order chi connectivity index (χ0) is 9.97. The summed E-state index contributed by atoms with van der Waals surface area (Å²) in [6.07, 6.45) is 4.14. The molecule has 14 heavy (non-hydrogen) atoms. The zero-order valence-corrected chi connectivity index (χ0v) is 9.01. The summed E-state index contributed by atoms with van der Waals surface area (Å²) < 4.78 is 0. The summed E-state index contributed by atoms with van der Waals surface area (Å²) >= 11 is 6.09. The van der Waals surface area contributed by atoms with Gasteiger partial charge in [0.2, 0.25) is 0 Å². The Balaban J connectivity index is 2.22. The van der Waals surface area contributed by atoms with Crippen molar-refractivity contribution in [2.75, 3.05) is 13.1 Å². The van der Waals surface area contributed by atoms with Gasteiger partial charge in [0, 0.05) is 11.8 Å². The van der Waals surface area contributed by atoms with Crippen molar-refractivity contribution in [3.8, 4) is 0 Å². The van der Waals surface area contributed by atoms with Gasteiger partial charge in [-0.15, -0.1) is 0 Å². The summed E-state index contributed by atoms with van der Waals surface area (Å²) in [7, 11) is 0. The highest BCUT2D eigenvalue weighted by molar-refractivity contribution is 6.30. The molecule has 0 aliphatic carbocycles. The monoisotopic (exact) mass is 211 g/mol. The van der Waals surface area contributed by atoms with Crippen molar-refractivity contribution in [1.82, 2.24) is 15.3 Å². The lowest BCUT2D eigenvalue weighted by atomic mass is 9.92. The van der Waals surface area contributed by atoms with Crippen molar-refractivity contribution in [2.45, 2.75) is 25.7 Å². The fourth-order valence-corrected chi connectivity index (χ4v) is 2.18. The van der Waals surface area contributed by atoms with Crippen LogP contribution in [0.15, 0.2) is 6.20 Å². The fourth-order valence-electron chi connectivity index (χ4n) is 1.86. The molecule has 2 heterocycles. The van der Waals surface area contributed by atoms with Gasteiger partial charge < -0.3 is 5.32 Å². The average molecular weight is 212 g/mol. The van der Waals surface area contributed by atoms with Gasteiger partial charge >= 0.3 is 0 Å². The largest absolute Gasteiger partial charge is 0.317 e. The second-order valence-corrected chi connectivity index (χ2v) is 4.05. The molecule has 1 aliphatic rings. The van der Waals surface area contributed by atoms with Gasteiger partial charge in [-0.25, -0.2) is 9.97 Å². The summed E-state index contributed by atoms with van der Waals surface area (Å²) in [5.74, 6) is 1.28. The van der Waals surface area contributed by atoms with E-state index < -0.39 is 0 Å². The Kier molecular flexibility index (Phi) is 2.99. The molecule has 0 atom stereocenters. The van der Waals surface area contributed by atoms with Crippen LogP contribution >= 0.6 is 11.6 Å². The Morgan fingerprint density at radius 3 is 2.79 bits per heavy atom. The van der Waals surface area contributed by atoms with Crippen molar-refractivity contribution in [1.29, 1.82) is 0 Å². The molecule has 1 aromatic heterocycles. The van der Waals surface area contributed by atoms with Crippen LogP contribution in [0.4, 0.5) is 0 Å². The lowest BCUT2D eigenvalue weighted by molar-refractivity contribution is 0.458. The Morgan fingerprint density at radius 1 is 1.43 bits per heavy atom. The molecule has 0 aromatic carbocycles. The molecule has 1 N–H and O–H groups in total. The van der Waals surface area contributed by atoms with E-state index in [1.807, 2.05) is 13.1 Å². The van der Waals surface area contributed by atoms with Gasteiger partial charge in [-0.05, 0) is 38.8 Å². The van der Waals surface area contributed by atoms with E-state index in [9.17, 15) is 0 Å². The van der Waals surface area contributed by atoms with Gasteiger partial charge in [0.05, 0.1) is 0 Å². The minimum absolute atomic E-state index is 0.532. The van der Waals surface area contributed by atoms with E-state index >= 15 is 0 Å². The highest BCUT2D eigenvalue weighted by Crippen LogP contribution is 2.28. The second-order valence-electron chi connectivity index (χ2n) is 3.69. The molecular formula is C10H14ClN3. The Morgan fingerprint density at radius 2 is 2.14 bits per heavy atom. The molecule has 2 rings (SSSR count). The minimum Gasteiger partial charge on any atom is -0.317 e. The van der Waals surface area contributed by atoms with Crippen molar-refractivity contribution in [3.63, 3.8) is 0 Å². The second kappa shape index (κ2) is 4.24. The van der Waals surface area contributed by atoms with Crippen molar-refractivity contribution < 1.29 is 0 Å². The van der Waals surface area contributed by atoms with E-state index in [1.54, 1.807) is 0 Å². The van der Waals surface area contributed by atoms with Crippen LogP contribution in [-0.4, -0.2) is 23.1 Å². The molecule has 0 unspecified atom stereocenters. The molecule has 0 radical (unpaired) electrons. The van der Waals surface area contributed by atoms with E-state index in [0.29, 0.717) is 11.1 Å². The van der Waals surface area contributed by atoms with E-state index in [4.69, 9.17) is 11.6 Å². The normalized spacial score (nSPS) is 18.4. The molecule has 0 spiro atoms. The standard InChI is InChI=1S/C10H14ClN3/c1-7-13-6-9(10(11)14-7)8-2-4-12-5-3-8/h6,8,12H,2-5H2,1H3. The van der Waals surface area contributed by atoms with Crippen molar-refractivity contribution >= 4 is 11.6 Å². The molecule has 0 saturated carbocycles. The van der Waals surface area contributed by atoms with Gasteiger partial charge in [-0.3, -0.25) is 0 Å². The quantitative estimate of drug-likeness (QED) is 0.722. The number of hydrogen-bond acceptors (Lipinski definition) is 3. The lowest BCUT2D eigenvalue weighted by Gasteiger charge is -2.23. The van der Waals surface area contributed by atoms with Crippen molar-refractivity contribution in [2.24, 2.45) is 0 Å². The lowest BCUT2D eigenvalue weighted by Crippen LogP contribution is -2.27. The van der Waals surface area contributed by atoms with Crippen LogP contribution in [0, 0.1) is 6.92 Å². The number of halogens is 1. The zero-order valence-electron chi connectivity index (χ0n) is 8.26. The number of aryl methyl sites for hydroxylation is 1. The van der Waals surface area contributed by atoms with Gasteiger partial charge in [0.1, 0.15) is 11.0 Å². The summed E-state index contributed by atoms with van der Waals surface area (Å²) in [6.45, 7) is 3.99. The summed E-state index contributed by atoms with van der Waals surface area (Å²) in [5, 5.41) is 3.96. The third-order valence-corrected chi connectivity index (χ3v) is 2.97. The molecule has 0 bridgehead atoms. The molecule has 1 aromatic rings. The number of nitrogens with zero attached hydrogens (tertiary/aromatic N) is 2. The molecule has 3 nitrogen and oxygen atoms in total. The number of nitrogens with one attached hydrogen (secondary N) is 1. The SMILES string of the molecule is Cc1ncc(C2CCNCC2)c(Cl)n1. The Hall–Kier alpha value is -0.670. The van der Waals surface area contributed by atoms with Gasteiger partial charge in [0.25, 0.3) is 0 Å².